The second kappa shape index (κ2) is 21.0. The number of nitrogens with zero attached hydrogens (tertiary/aromatic N) is 3. The van der Waals surface area contributed by atoms with Gasteiger partial charge in [0.05, 0.1) is 36.3 Å². The number of halogens is 4. The Kier molecular flexibility index (Phi) is 18.4. The second-order valence-electron chi connectivity index (χ2n) is 8.72. The van der Waals surface area contributed by atoms with Gasteiger partial charge in [0, 0.05) is 12.8 Å². The first-order valence-corrected chi connectivity index (χ1v) is 17.1. The van der Waals surface area contributed by atoms with Crippen LogP contribution in [0, 0.1) is 32.3 Å². The minimum atomic E-state index is -3.38. The molecule has 4 rings (SSSR count). The molecule has 0 amide bonds. The molecule has 0 radical (unpaired) electrons. The van der Waals surface area contributed by atoms with Crippen molar-refractivity contribution >= 4 is 78.9 Å². The third-order valence-electron chi connectivity index (χ3n) is 5.25. The number of aromatic nitrogens is 2. The smallest absolute Gasteiger partial charge is 0.371 e. The Balaban J connectivity index is 0.000000335. The lowest BCUT2D eigenvalue weighted by Gasteiger charge is -2.09. The van der Waals surface area contributed by atoms with Gasteiger partial charge in [0.15, 0.2) is 5.69 Å². The molecule has 0 saturated carbocycles. The van der Waals surface area contributed by atoms with E-state index in [-0.39, 0.29) is 29.4 Å². The predicted octanol–water partition coefficient (Wildman–Crippen LogP) is 6.20. The number of anilines is 1. The van der Waals surface area contributed by atoms with Gasteiger partial charge in [0.25, 0.3) is 9.84 Å². The molecule has 16 heteroatoms. The van der Waals surface area contributed by atoms with Gasteiger partial charge in [-0.15, -0.1) is 0 Å². The average Bonchev–Trinajstić information content (AvgIpc) is 3.50. The molecule has 0 aliphatic carbocycles. The number of aldehydes is 1. The first-order valence-electron chi connectivity index (χ1n) is 13.3. The van der Waals surface area contributed by atoms with Crippen molar-refractivity contribution in [2.75, 3.05) is 24.8 Å². The minimum absolute atomic E-state index is 0.142. The summed E-state index contributed by atoms with van der Waals surface area (Å²) in [5, 5.41) is 0. The summed E-state index contributed by atoms with van der Waals surface area (Å²) >= 11 is 3.99. The molecular formula is C31H30F2I2N4O7S. The highest BCUT2D eigenvalue weighted by atomic mass is 127. The summed E-state index contributed by atoms with van der Waals surface area (Å²) in [4.78, 5) is 38.0. The number of esters is 2. The van der Waals surface area contributed by atoms with E-state index in [1.54, 1.807) is 42.7 Å². The van der Waals surface area contributed by atoms with Gasteiger partial charge in [-0.05, 0) is 114 Å². The van der Waals surface area contributed by atoms with Crippen LogP contribution in [0.3, 0.4) is 0 Å². The Hall–Kier alpha value is -3.96. The van der Waals surface area contributed by atoms with Crippen molar-refractivity contribution in [3.8, 4) is 5.69 Å². The number of aryl methyl sites for hydroxylation is 1. The van der Waals surface area contributed by atoms with Crippen LogP contribution in [0.2, 0.25) is 0 Å². The molecule has 0 unspecified atom stereocenters. The largest absolute Gasteiger partial charge is 0.461 e. The summed E-state index contributed by atoms with van der Waals surface area (Å²) in [6.07, 6.45) is 3.07. The maximum absolute atomic E-state index is 13.0. The van der Waals surface area contributed by atoms with Crippen molar-refractivity contribution in [3.05, 3.63) is 115 Å². The molecule has 3 aromatic carbocycles. The molecule has 1 aromatic heterocycles. The Morgan fingerprint density at radius 3 is 2.02 bits per heavy atom. The zero-order valence-electron chi connectivity index (χ0n) is 25.3. The van der Waals surface area contributed by atoms with Crippen molar-refractivity contribution in [1.29, 1.82) is 0 Å². The summed E-state index contributed by atoms with van der Waals surface area (Å²) in [7, 11) is -3.38. The lowest BCUT2D eigenvalue weighted by molar-refractivity contribution is -0.148. The number of sulfone groups is 1. The van der Waals surface area contributed by atoms with Gasteiger partial charge >= 0.3 is 17.8 Å². The summed E-state index contributed by atoms with van der Waals surface area (Å²) in [6, 6.07) is 15.1. The maximum Gasteiger partial charge on any atom is 0.371 e. The van der Waals surface area contributed by atoms with Crippen LogP contribution in [0.1, 0.15) is 29.9 Å². The molecule has 0 atom stereocenters. The van der Waals surface area contributed by atoms with E-state index in [4.69, 9.17) is 17.0 Å². The van der Waals surface area contributed by atoms with Crippen LogP contribution in [0.4, 0.5) is 14.5 Å². The van der Waals surface area contributed by atoms with Gasteiger partial charge in [-0.3, -0.25) is 14.2 Å². The molecule has 250 valence electrons. The predicted molar refractivity (Wildman–Crippen MR) is 188 cm³/mol. The zero-order chi connectivity index (χ0) is 35.6. The first kappa shape index (κ1) is 41.1. The van der Waals surface area contributed by atoms with Gasteiger partial charge in [-0.1, -0.05) is 17.7 Å². The normalized spacial score (nSPS) is 9.91. The maximum atomic E-state index is 13.0. The van der Waals surface area contributed by atoms with Gasteiger partial charge < -0.3 is 15.2 Å². The minimum Gasteiger partial charge on any atom is -0.461 e. The van der Waals surface area contributed by atoms with Crippen LogP contribution in [0.15, 0.2) is 78.1 Å². The molecule has 1 heterocycles. The molecule has 0 saturated heterocycles. The highest BCUT2D eigenvalue weighted by molar-refractivity contribution is 14.1. The molecule has 0 bridgehead atoms. The lowest BCUT2D eigenvalue weighted by atomic mass is 10.2. The molecular weight excluding hydrogens is 864 g/mol. The Morgan fingerprint density at radius 1 is 0.979 bits per heavy atom. The lowest BCUT2D eigenvalue weighted by Crippen LogP contribution is -2.11. The molecule has 11 nitrogen and oxygen atoms in total. The Labute approximate surface area is 298 Å². The highest BCUT2D eigenvalue weighted by Gasteiger charge is 2.17. The molecule has 4 aromatic rings. The number of rotatable bonds is 7. The number of nitrogens with two attached hydrogens (primary N) is 1. The summed E-state index contributed by atoms with van der Waals surface area (Å²) in [6.45, 7) is 12.3. The fraction of sp³-hybridized carbons (Fsp3) is 0.194. The van der Waals surface area contributed by atoms with Crippen LogP contribution in [0.25, 0.3) is 10.5 Å². The van der Waals surface area contributed by atoms with Crippen LogP contribution in [-0.2, 0) is 28.9 Å². The number of imidazole rings is 1. The van der Waals surface area contributed by atoms with Crippen LogP contribution >= 0.6 is 45.2 Å². The van der Waals surface area contributed by atoms with E-state index in [0.29, 0.717) is 27.2 Å². The topological polar surface area (TPSA) is 152 Å². The average molecular weight is 894 g/mol. The summed E-state index contributed by atoms with van der Waals surface area (Å²) < 4.78 is 60.1. The van der Waals surface area contributed by atoms with Crippen molar-refractivity contribution in [2.45, 2.75) is 25.7 Å². The third kappa shape index (κ3) is 14.6. The van der Waals surface area contributed by atoms with E-state index < -0.39 is 27.7 Å². The number of nitrogen functional groups attached to an aromatic ring is 1. The van der Waals surface area contributed by atoms with Gasteiger partial charge in [0.2, 0.25) is 6.29 Å². The number of hydrogen-bond donors (Lipinski definition) is 1. The summed E-state index contributed by atoms with van der Waals surface area (Å²) in [5.41, 5.74) is 8.05. The molecule has 47 heavy (non-hydrogen) atoms. The number of ether oxygens (including phenoxy) is 2. The third-order valence-corrected chi connectivity index (χ3v) is 8.51. The van der Waals surface area contributed by atoms with E-state index >= 15 is 0 Å². The van der Waals surface area contributed by atoms with E-state index in [2.05, 4.69) is 14.6 Å². The Morgan fingerprint density at radius 2 is 1.55 bits per heavy atom. The standard InChI is InChI=1S/C12H10FIN2O2.C9H9NO2S.C6H5FIN.C4H6O3/c1-2-18-12(17)11-6-15-7-16(11)10-4-3-8(13)5-9(10)14;1-8-3-5-9(6-4-8)13(11,12)7-10-2;7-4-1-2-6(9)5(8)3-4;1-2-7-4(6)3-5/h3-7H,2H2,1H3;3-6H,7H2,1H3;1-3H,9H2;3H,2H2,1H3. The quantitative estimate of drug-likeness (QED) is 0.0572. The number of carbonyl (C=O) groups excluding carboxylic acids is 3. The number of benzene rings is 3. The van der Waals surface area contributed by atoms with Crippen molar-refractivity contribution in [1.82, 2.24) is 9.55 Å². The molecule has 0 aliphatic heterocycles. The van der Waals surface area contributed by atoms with Crippen molar-refractivity contribution in [2.24, 2.45) is 0 Å². The Bertz CT molecular complexity index is 1800. The van der Waals surface area contributed by atoms with E-state index in [1.807, 2.05) is 52.1 Å². The second-order valence-corrected chi connectivity index (χ2v) is 13.0. The molecule has 0 fully saturated rings. The molecule has 0 aliphatic rings. The van der Waals surface area contributed by atoms with Gasteiger partial charge in [-0.2, -0.15) is 0 Å². The molecule has 0 spiro atoms. The van der Waals surface area contributed by atoms with Crippen molar-refractivity contribution in [3.63, 3.8) is 0 Å². The number of hydrogen-bond acceptors (Lipinski definition) is 9. The SMILES string of the molecule is CCOC(=O)C=O.CCOC(=O)c1cncn1-c1ccc(F)cc1I.Nc1ccc(F)cc1I.[C-]#[N+]CS(=O)(=O)c1ccc(C)cc1. The van der Waals surface area contributed by atoms with E-state index in [1.165, 1.54) is 48.9 Å². The summed E-state index contributed by atoms with van der Waals surface area (Å²) in [5.74, 6) is -2.29. The van der Waals surface area contributed by atoms with Gasteiger partial charge in [0.1, 0.15) is 11.6 Å². The number of carbonyl (C=O) groups is 3. The molecule has 2 N–H and O–H groups in total. The van der Waals surface area contributed by atoms with E-state index in [9.17, 15) is 31.6 Å². The monoisotopic (exact) mass is 894 g/mol. The fourth-order valence-electron chi connectivity index (χ4n) is 3.10. The zero-order valence-corrected chi connectivity index (χ0v) is 30.5. The van der Waals surface area contributed by atoms with Gasteiger partial charge in [-0.25, -0.2) is 38.3 Å². The highest BCUT2D eigenvalue weighted by Crippen LogP contribution is 2.20. The van der Waals surface area contributed by atoms with Crippen molar-refractivity contribution < 1.29 is 41.1 Å². The van der Waals surface area contributed by atoms with Crippen LogP contribution in [-0.4, -0.2) is 55.3 Å². The van der Waals surface area contributed by atoms with E-state index in [0.717, 1.165) is 9.13 Å². The first-order chi connectivity index (χ1) is 22.2. The van der Waals surface area contributed by atoms with Crippen LogP contribution in [0.5, 0.6) is 0 Å². The van der Waals surface area contributed by atoms with Crippen LogP contribution < -0.4 is 5.73 Å². The fourth-order valence-corrected chi connectivity index (χ4v) is 5.19.